The molecule has 0 radical (unpaired) electrons. The van der Waals surface area contributed by atoms with Crippen molar-refractivity contribution in [2.75, 3.05) is 0 Å². The molecule has 4 heteroatoms. The second kappa shape index (κ2) is 6.00. The average molecular weight is 310 g/mol. The van der Waals surface area contributed by atoms with Crippen molar-refractivity contribution in [2.24, 2.45) is 0 Å². The number of halogens is 1. The fourth-order valence-electron chi connectivity index (χ4n) is 2.21. The van der Waals surface area contributed by atoms with Crippen molar-refractivity contribution in [3.63, 3.8) is 0 Å². The molecule has 0 aromatic heterocycles. The van der Waals surface area contributed by atoms with E-state index in [9.17, 15) is 9.59 Å². The normalized spacial score (nSPS) is 18.0. The second-order valence-electron chi connectivity index (χ2n) is 4.86. The summed E-state index contributed by atoms with van der Waals surface area (Å²) in [6, 6.07) is 16.5. The molecule has 0 aliphatic carbocycles. The lowest BCUT2D eigenvalue weighted by Gasteiger charge is -1.99. The standard InChI is InChI=1S/C18H12ClNO2/c19-14-8-6-13(7-9-14)11-16-15(17(21)20-18(16)22)10-12-4-2-1-3-5-12/h1-11H,(H,20,21,22)/b15-10+,16-11+. The Bertz CT molecular complexity index is 790. The number of rotatable bonds is 2. The van der Waals surface area contributed by atoms with Crippen molar-refractivity contribution < 1.29 is 9.59 Å². The molecule has 2 amide bonds. The molecule has 0 atom stereocenters. The maximum Gasteiger partial charge on any atom is 0.258 e. The third-order valence-corrected chi connectivity index (χ3v) is 3.55. The molecule has 108 valence electrons. The lowest BCUT2D eigenvalue weighted by Crippen LogP contribution is -2.19. The van der Waals surface area contributed by atoms with Gasteiger partial charge in [0.25, 0.3) is 11.8 Å². The van der Waals surface area contributed by atoms with E-state index in [-0.39, 0.29) is 11.8 Å². The monoisotopic (exact) mass is 309 g/mol. The van der Waals surface area contributed by atoms with Gasteiger partial charge < -0.3 is 0 Å². The molecule has 0 unspecified atom stereocenters. The van der Waals surface area contributed by atoms with Crippen LogP contribution < -0.4 is 5.32 Å². The van der Waals surface area contributed by atoms with E-state index in [2.05, 4.69) is 5.32 Å². The summed E-state index contributed by atoms with van der Waals surface area (Å²) in [4.78, 5) is 24.0. The molecule has 1 aliphatic rings. The molecule has 1 saturated heterocycles. The SMILES string of the molecule is O=C1NC(=O)C(=C/c2ccc(Cl)cc2)/C1=C\c1ccccc1. The molecule has 3 rings (SSSR count). The largest absolute Gasteiger partial charge is 0.288 e. The minimum absolute atomic E-state index is 0.358. The summed E-state index contributed by atoms with van der Waals surface area (Å²) in [5, 5.41) is 2.95. The highest BCUT2D eigenvalue weighted by Crippen LogP contribution is 2.23. The Hall–Kier alpha value is -2.65. The number of carbonyl (C=O) groups excluding carboxylic acids is 2. The number of imide groups is 1. The number of nitrogens with one attached hydrogen (secondary N) is 1. The van der Waals surface area contributed by atoms with E-state index in [1.807, 2.05) is 30.3 Å². The third kappa shape index (κ3) is 3.00. The molecule has 1 aliphatic heterocycles. The van der Waals surface area contributed by atoms with Gasteiger partial charge in [0.2, 0.25) is 0 Å². The Morgan fingerprint density at radius 2 is 1.23 bits per heavy atom. The number of amides is 2. The Kier molecular flexibility index (Phi) is 3.90. The zero-order valence-corrected chi connectivity index (χ0v) is 12.3. The first-order valence-corrected chi connectivity index (χ1v) is 7.11. The van der Waals surface area contributed by atoms with Gasteiger partial charge in [-0.3, -0.25) is 14.9 Å². The van der Waals surface area contributed by atoms with Gasteiger partial charge in [-0.1, -0.05) is 54.1 Å². The van der Waals surface area contributed by atoms with Crippen molar-refractivity contribution in [1.29, 1.82) is 0 Å². The van der Waals surface area contributed by atoms with Gasteiger partial charge in [0.05, 0.1) is 11.1 Å². The zero-order valence-electron chi connectivity index (χ0n) is 11.5. The van der Waals surface area contributed by atoms with E-state index < -0.39 is 0 Å². The van der Waals surface area contributed by atoms with Gasteiger partial charge >= 0.3 is 0 Å². The van der Waals surface area contributed by atoms with Gasteiger partial charge in [-0.15, -0.1) is 0 Å². The van der Waals surface area contributed by atoms with Crippen LogP contribution in [0, 0.1) is 0 Å². The quantitative estimate of drug-likeness (QED) is 0.682. The maximum atomic E-state index is 12.0. The molecule has 2 aromatic rings. The molecule has 0 bridgehead atoms. The van der Waals surface area contributed by atoms with E-state index in [1.165, 1.54) is 0 Å². The number of benzene rings is 2. The van der Waals surface area contributed by atoms with Crippen LogP contribution in [0.2, 0.25) is 5.02 Å². The van der Waals surface area contributed by atoms with Gasteiger partial charge in [-0.05, 0) is 35.4 Å². The predicted octanol–water partition coefficient (Wildman–Crippen LogP) is 3.46. The van der Waals surface area contributed by atoms with Crippen LogP contribution in [0.25, 0.3) is 12.2 Å². The second-order valence-corrected chi connectivity index (χ2v) is 5.30. The number of hydrogen-bond donors (Lipinski definition) is 1. The summed E-state index contributed by atoms with van der Waals surface area (Å²) in [7, 11) is 0. The summed E-state index contributed by atoms with van der Waals surface area (Å²) in [5.74, 6) is -0.767. The van der Waals surface area contributed by atoms with Crippen LogP contribution in [0.15, 0.2) is 65.7 Å². The molecule has 3 nitrogen and oxygen atoms in total. The van der Waals surface area contributed by atoms with E-state index in [0.717, 1.165) is 11.1 Å². The fraction of sp³-hybridized carbons (Fsp3) is 0. The summed E-state index contributed by atoms with van der Waals surface area (Å²) in [6.07, 6.45) is 3.40. The molecule has 0 saturated carbocycles. The zero-order chi connectivity index (χ0) is 15.5. The minimum Gasteiger partial charge on any atom is -0.288 e. The van der Waals surface area contributed by atoms with Gasteiger partial charge in [-0.25, -0.2) is 0 Å². The van der Waals surface area contributed by atoms with Crippen molar-refractivity contribution in [2.45, 2.75) is 0 Å². The first kappa shape index (κ1) is 14.3. The van der Waals surface area contributed by atoms with Crippen molar-refractivity contribution >= 4 is 35.6 Å². The fourth-order valence-corrected chi connectivity index (χ4v) is 2.34. The van der Waals surface area contributed by atoms with Crippen LogP contribution in [0.1, 0.15) is 11.1 Å². The summed E-state index contributed by atoms with van der Waals surface area (Å²) in [6.45, 7) is 0. The summed E-state index contributed by atoms with van der Waals surface area (Å²) in [5.41, 5.74) is 2.40. The molecule has 22 heavy (non-hydrogen) atoms. The summed E-state index contributed by atoms with van der Waals surface area (Å²) < 4.78 is 0. The van der Waals surface area contributed by atoms with Gasteiger partial charge in [0.15, 0.2) is 0 Å². The molecular formula is C18H12ClNO2. The first-order valence-electron chi connectivity index (χ1n) is 6.73. The van der Waals surface area contributed by atoms with E-state index in [0.29, 0.717) is 16.2 Å². The highest BCUT2D eigenvalue weighted by atomic mass is 35.5. The lowest BCUT2D eigenvalue weighted by atomic mass is 10.0. The Labute approximate surface area is 132 Å². The highest BCUT2D eigenvalue weighted by Gasteiger charge is 2.30. The molecule has 1 heterocycles. The van der Waals surface area contributed by atoms with Crippen LogP contribution in [-0.2, 0) is 9.59 Å². The molecular weight excluding hydrogens is 298 g/mol. The highest BCUT2D eigenvalue weighted by molar-refractivity contribution is 6.30. The third-order valence-electron chi connectivity index (χ3n) is 3.30. The van der Waals surface area contributed by atoms with Crippen LogP contribution in [0.3, 0.4) is 0 Å². The Morgan fingerprint density at radius 3 is 1.77 bits per heavy atom. The summed E-state index contributed by atoms with van der Waals surface area (Å²) >= 11 is 5.85. The minimum atomic E-state index is -0.387. The number of hydrogen-bond acceptors (Lipinski definition) is 2. The lowest BCUT2D eigenvalue weighted by molar-refractivity contribution is -0.123. The Morgan fingerprint density at radius 1 is 0.727 bits per heavy atom. The number of carbonyl (C=O) groups is 2. The van der Waals surface area contributed by atoms with Gasteiger partial charge in [0, 0.05) is 5.02 Å². The van der Waals surface area contributed by atoms with Gasteiger partial charge in [-0.2, -0.15) is 0 Å². The maximum absolute atomic E-state index is 12.0. The van der Waals surface area contributed by atoms with Crippen molar-refractivity contribution in [3.8, 4) is 0 Å². The van der Waals surface area contributed by atoms with Crippen LogP contribution in [0.4, 0.5) is 0 Å². The molecule has 1 fully saturated rings. The Balaban J connectivity index is 2.03. The van der Waals surface area contributed by atoms with Gasteiger partial charge in [0.1, 0.15) is 0 Å². The first-order chi connectivity index (χ1) is 10.6. The van der Waals surface area contributed by atoms with Crippen molar-refractivity contribution in [1.82, 2.24) is 5.32 Å². The van der Waals surface area contributed by atoms with E-state index >= 15 is 0 Å². The van der Waals surface area contributed by atoms with Crippen molar-refractivity contribution in [3.05, 3.63) is 81.9 Å². The molecule has 0 spiro atoms. The smallest absolute Gasteiger partial charge is 0.258 e. The van der Waals surface area contributed by atoms with Crippen LogP contribution in [-0.4, -0.2) is 11.8 Å². The van der Waals surface area contributed by atoms with E-state index in [4.69, 9.17) is 11.6 Å². The molecule has 1 N–H and O–H groups in total. The topological polar surface area (TPSA) is 46.2 Å². The average Bonchev–Trinajstić information content (AvgIpc) is 2.77. The molecule has 2 aromatic carbocycles. The predicted molar refractivity (Wildman–Crippen MR) is 87.0 cm³/mol. The van der Waals surface area contributed by atoms with Crippen LogP contribution >= 0.6 is 11.6 Å². The van der Waals surface area contributed by atoms with E-state index in [1.54, 1.807) is 36.4 Å². The van der Waals surface area contributed by atoms with Crippen LogP contribution in [0.5, 0.6) is 0 Å².